The third kappa shape index (κ3) is 2.59. The van der Waals surface area contributed by atoms with Crippen LogP contribution < -0.4 is 0 Å². The highest BCUT2D eigenvalue weighted by atomic mass is 16.8. The van der Waals surface area contributed by atoms with Gasteiger partial charge in [0.25, 0.3) is 0 Å². The van der Waals surface area contributed by atoms with Gasteiger partial charge in [0.05, 0.1) is 6.61 Å². The van der Waals surface area contributed by atoms with E-state index in [2.05, 4.69) is 20.4 Å². The van der Waals surface area contributed by atoms with Crippen molar-refractivity contribution in [2.75, 3.05) is 6.61 Å². The molecule has 140 valence electrons. The van der Waals surface area contributed by atoms with Crippen LogP contribution in [0.1, 0.15) is 65.7 Å². The lowest BCUT2D eigenvalue weighted by Crippen LogP contribution is -2.59. The molecule has 4 bridgehead atoms. The summed E-state index contributed by atoms with van der Waals surface area (Å²) in [5.41, 5.74) is -0.177. The van der Waals surface area contributed by atoms with Crippen LogP contribution in [0.25, 0.3) is 0 Å². The monoisotopic (exact) mass is 348 g/mol. The molecule has 1 heterocycles. The second kappa shape index (κ2) is 6.09. The average molecular weight is 348 g/mol. The Morgan fingerprint density at radius 1 is 1.12 bits per heavy atom. The van der Waals surface area contributed by atoms with Crippen molar-refractivity contribution in [3.05, 3.63) is 12.2 Å². The zero-order valence-electron chi connectivity index (χ0n) is 15.9. The summed E-state index contributed by atoms with van der Waals surface area (Å²) >= 11 is 0. The predicted molar refractivity (Wildman–Crippen MR) is 94.8 cm³/mol. The highest BCUT2D eigenvalue weighted by Crippen LogP contribution is 2.62. The fourth-order valence-electron chi connectivity index (χ4n) is 6.21. The van der Waals surface area contributed by atoms with Gasteiger partial charge in [-0.05, 0) is 63.7 Å². The van der Waals surface area contributed by atoms with E-state index in [1.807, 2.05) is 0 Å². The fourth-order valence-corrected chi connectivity index (χ4v) is 6.21. The minimum Gasteiger partial charge on any atom is -0.453 e. The standard InChI is InChI=1S/C21H32O4/c1-5-20(6-2,25-19(22)13(3)4)18-12-23-21(24-18)16-8-14-7-15(10-16)11-17(21)9-14/h14-18H,3,5-12H2,1-2,4H3. The van der Waals surface area contributed by atoms with Gasteiger partial charge in [-0.2, -0.15) is 0 Å². The number of rotatable bonds is 5. The summed E-state index contributed by atoms with van der Waals surface area (Å²) < 4.78 is 19.1. The molecular weight excluding hydrogens is 316 g/mol. The number of carbonyl (C=O) groups is 1. The Morgan fingerprint density at radius 3 is 2.16 bits per heavy atom. The van der Waals surface area contributed by atoms with Gasteiger partial charge in [0.15, 0.2) is 5.79 Å². The lowest BCUT2D eigenvalue weighted by molar-refractivity contribution is -0.303. The van der Waals surface area contributed by atoms with Crippen molar-refractivity contribution in [3.8, 4) is 0 Å². The first-order valence-electron chi connectivity index (χ1n) is 10.1. The Morgan fingerprint density at radius 2 is 1.68 bits per heavy atom. The molecule has 1 spiro atoms. The van der Waals surface area contributed by atoms with Gasteiger partial charge < -0.3 is 14.2 Å². The highest BCUT2D eigenvalue weighted by Gasteiger charge is 2.64. The molecule has 4 saturated carbocycles. The first kappa shape index (κ1) is 17.5. The molecule has 0 N–H and O–H groups in total. The molecule has 0 radical (unpaired) electrons. The molecule has 5 rings (SSSR count). The van der Waals surface area contributed by atoms with Crippen LogP contribution in [0.4, 0.5) is 0 Å². The molecule has 1 aliphatic heterocycles. The van der Waals surface area contributed by atoms with E-state index in [0.717, 1.165) is 24.7 Å². The number of carbonyl (C=O) groups excluding carboxylic acids is 1. The number of hydrogen-bond donors (Lipinski definition) is 0. The van der Waals surface area contributed by atoms with Gasteiger partial charge >= 0.3 is 5.97 Å². The Hall–Kier alpha value is -0.870. The van der Waals surface area contributed by atoms with E-state index in [0.29, 0.717) is 24.0 Å². The van der Waals surface area contributed by atoms with Gasteiger partial charge in [0.1, 0.15) is 11.7 Å². The Labute approximate surface area is 151 Å². The third-order valence-corrected chi connectivity index (χ3v) is 7.49. The topological polar surface area (TPSA) is 44.8 Å². The summed E-state index contributed by atoms with van der Waals surface area (Å²) in [6.07, 6.45) is 7.68. The quantitative estimate of drug-likeness (QED) is 0.551. The summed E-state index contributed by atoms with van der Waals surface area (Å²) in [6.45, 7) is 10.1. The Bertz CT molecular complexity index is 534. The largest absolute Gasteiger partial charge is 0.453 e. The fraction of sp³-hybridized carbons (Fsp3) is 0.857. The van der Waals surface area contributed by atoms with Crippen LogP contribution in [0.5, 0.6) is 0 Å². The van der Waals surface area contributed by atoms with Gasteiger partial charge in [-0.1, -0.05) is 20.4 Å². The maximum Gasteiger partial charge on any atom is 0.333 e. The molecule has 5 fully saturated rings. The van der Waals surface area contributed by atoms with Crippen LogP contribution in [0.15, 0.2) is 12.2 Å². The molecule has 4 nitrogen and oxygen atoms in total. The van der Waals surface area contributed by atoms with Crippen molar-refractivity contribution >= 4 is 5.97 Å². The van der Waals surface area contributed by atoms with Crippen molar-refractivity contribution < 1.29 is 19.0 Å². The second-order valence-corrected chi connectivity index (χ2v) is 8.89. The van der Waals surface area contributed by atoms with Crippen LogP contribution >= 0.6 is 0 Å². The second-order valence-electron chi connectivity index (χ2n) is 8.89. The Balaban J connectivity index is 1.56. The predicted octanol–water partition coefficient (Wildman–Crippen LogP) is 4.23. The number of ether oxygens (including phenoxy) is 3. The number of hydrogen-bond acceptors (Lipinski definition) is 4. The molecule has 1 atom stereocenters. The Kier molecular flexibility index (Phi) is 4.27. The lowest BCUT2D eigenvalue weighted by atomic mass is 9.53. The van der Waals surface area contributed by atoms with Gasteiger partial charge in [-0.15, -0.1) is 0 Å². The van der Waals surface area contributed by atoms with E-state index in [9.17, 15) is 4.79 Å². The molecule has 0 aromatic heterocycles. The molecule has 1 saturated heterocycles. The van der Waals surface area contributed by atoms with Crippen molar-refractivity contribution in [2.45, 2.75) is 83.2 Å². The van der Waals surface area contributed by atoms with E-state index < -0.39 is 11.4 Å². The molecule has 25 heavy (non-hydrogen) atoms. The van der Waals surface area contributed by atoms with Crippen molar-refractivity contribution in [1.82, 2.24) is 0 Å². The molecular formula is C21H32O4. The summed E-state index contributed by atoms with van der Waals surface area (Å²) in [7, 11) is 0. The van der Waals surface area contributed by atoms with E-state index in [-0.39, 0.29) is 12.1 Å². The highest BCUT2D eigenvalue weighted by molar-refractivity contribution is 5.87. The van der Waals surface area contributed by atoms with Crippen LogP contribution in [0.2, 0.25) is 0 Å². The van der Waals surface area contributed by atoms with Crippen LogP contribution in [-0.2, 0) is 19.0 Å². The summed E-state index contributed by atoms with van der Waals surface area (Å²) in [6, 6.07) is 0. The van der Waals surface area contributed by atoms with Gasteiger partial charge in [-0.3, -0.25) is 0 Å². The van der Waals surface area contributed by atoms with Crippen molar-refractivity contribution in [2.24, 2.45) is 23.7 Å². The van der Waals surface area contributed by atoms with Gasteiger partial charge in [0, 0.05) is 17.4 Å². The summed E-state index contributed by atoms with van der Waals surface area (Å²) in [5, 5.41) is 0. The summed E-state index contributed by atoms with van der Waals surface area (Å²) in [5.74, 6) is 2.07. The van der Waals surface area contributed by atoms with E-state index in [4.69, 9.17) is 14.2 Å². The van der Waals surface area contributed by atoms with E-state index in [1.54, 1.807) is 6.92 Å². The molecule has 1 unspecified atom stereocenters. The molecule has 0 amide bonds. The molecule has 5 aliphatic rings. The van der Waals surface area contributed by atoms with E-state index in [1.165, 1.54) is 32.1 Å². The molecule has 0 aromatic rings. The molecule has 4 heteroatoms. The van der Waals surface area contributed by atoms with Crippen molar-refractivity contribution in [1.29, 1.82) is 0 Å². The summed E-state index contributed by atoms with van der Waals surface area (Å²) in [4.78, 5) is 12.2. The average Bonchev–Trinajstić information content (AvgIpc) is 3.03. The third-order valence-electron chi connectivity index (χ3n) is 7.49. The first-order chi connectivity index (χ1) is 11.9. The molecule has 4 aliphatic carbocycles. The minimum absolute atomic E-state index is 0.177. The van der Waals surface area contributed by atoms with Gasteiger partial charge in [-0.25, -0.2) is 4.79 Å². The maximum absolute atomic E-state index is 12.2. The van der Waals surface area contributed by atoms with Crippen LogP contribution in [0.3, 0.4) is 0 Å². The molecule has 0 aromatic carbocycles. The van der Waals surface area contributed by atoms with E-state index >= 15 is 0 Å². The minimum atomic E-state index is -0.617. The lowest BCUT2D eigenvalue weighted by Gasteiger charge is -2.58. The first-order valence-corrected chi connectivity index (χ1v) is 10.1. The zero-order valence-corrected chi connectivity index (χ0v) is 15.9. The maximum atomic E-state index is 12.2. The normalized spacial score (nSPS) is 42.1. The van der Waals surface area contributed by atoms with Crippen LogP contribution in [-0.4, -0.2) is 30.1 Å². The number of esters is 1. The smallest absolute Gasteiger partial charge is 0.333 e. The van der Waals surface area contributed by atoms with Crippen LogP contribution in [0, 0.1) is 23.7 Å². The van der Waals surface area contributed by atoms with Gasteiger partial charge in [0.2, 0.25) is 0 Å². The SMILES string of the molecule is C=C(C)C(=O)OC(CC)(CC)C1COC2(O1)C1CC3CC(C1)CC2C3. The van der Waals surface area contributed by atoms with Crippen molar-refractivity contribution in [3.63, 3.8) is 0 Å². The zero-order chi connectivity index (χ0) is 17.8.